The molecule has 1 fully saturated rings. The van der Waals surface area contributed by atoms with E-state index in [4.69, 9.17) is 9.47 Å². The smallest absolute Gasteiger partial charge is 0.161 e. The molecule has 1 N–H and O–H groups in total. The first-order valence-electron chi connectivity index (χ1n) is 6.96. The Hall–Kier alpha value is -1.26. The summed E-state index contributed by atoms with van der Waals surface area (Å²) in [5.74, 6) is 1.59. The molecule has 4 nitrogen and oxygen atoms in total. The van der Waals surface area contributed by atoms with Crippen molar-refractivity contribution in [1.82, 2.24) is 10.2 Å². The molecule has 4 heteroatoms. The van der Waals surface area contributed by atoms with Crippen LogP contribution in [-0.2, 0) is 0 Å². The number of hydrogen-bond donors (Lipinski definition) is 1. The van der Waals surface area contributed by atoms with E-state index in [9.17, 15) is 0 Å². The summed E-state index contributed by atoms with van der Waals surface area (Å²) in [6, 6.07) is 6.64. The molecular weight excluding hydrogens is 240 g/mol. The van der Waals surface area contributed by atoms with E-state index in [1.54, 1.807) is 14.2 Å². The van der Waals surface area contributed by atoms with E-state index in [-0.39, 0.29) is 0 Å². The molecule has 0 amide bonds. The van der Waals surface area contributed by atoms with Crippen LogP contribution in [0.3, 0.4) is 0 Å². The quantitative estimate of drug-likeness (QED) is 0.902. The van der Waals surface area contributed by atoms with Gasteiger partial charge >= 0.3 is 0 Å². The summed E-state index contributed by atoms with van der Waals surface area (Å²) in [5.41, 5.74) is 1.29. The van der Waals surface area contributed by atoms with Crippen molar-refractivity contribution in [3.63, 3.8) is 0 Å². The summed E-state index contributed by atoms with van der Waals surface area (Å²) in [6.07, 6.45) is 1.21. The third-order valence-electron chi connectivity index (χ3n) is 3.78. The molecule has 1 aliphatic heterocycles. The molecule has 0 aliphatic carbocycles. The van der Waals surface area contributed by atoms with Crippen molar-refractivity contribution in [3.05, 3.63) is 23.8 Å². The molecular formula is C15H24N2O2. The molecule has 1 aliphatic rings. The number of likely N-dealkylation sites (N-methyl/N-ethyl adjacent to an activating group) is 1. The Bertz CT molecular complexity index is 409. The average Bonchev–Trinajstić information content (AvgIpc) is 2.71. The van der Waals surface area contributed by atoms with Crippen molar-refractivity contribution in [2.45, 2.75) is 19.4 Å². The molecule has 1 heterocycles. The van der Waals surface area contributed by atoms with E-state index in [0.29, 0.717) is 6.04 Å². The van der Waals surface area contributed by atoms with Gasteiger partial charge in [0.05, 0.1) is 14.2 Å². The minimum atomic E-state index is 0.410. The van der Waals surface area contributed by atoms with Gasteiger partial charge in [-0.05, 0) is 43.8 Å². The van der Waals surface area contributed by atoms with Crippen molar-refractivity contribution >= 4 is 0 Å². The highest BCUT2D eigenvalue weighted by atomic mass is 16.5. The van der Waals surface area contributed by atoms with Crippen molar-refractivity contribution < 1.29 is 9.47 Å². The number of benzene rings is 1. The first-order chi connectivity index (χ1) is 9.30. The van der Waals surface area contributed by atoms with E-state index in [2.05, 4.69) is 29.3 Å². The predicted octanol–water partition coefficient (Wildman–Crippen LogP) is 2.06. The van der Waals surface area contributed by atoms with Gasteiger partial charge < -0.3 is 14.8 Å². The number of rotatable bonds is 4. The van der Waals surface area contributed by atoms with E-state index in [0.717, 1.165) is 37.7 Å². The lowest BCUT2D eigenvalue weighted by atomic mass is 10.0. The highest BCUT2D eigenvalue weighted by Gasteiger charge is 2.22. The number of ether oxygens (including phenoxy) is 2. The van der Waals surface area contributed by atoms with Crippen LogP contribution in [0.4, 0.5) is 0 Å². The molecule has 106 valence electrons. The molecule has 1 aromatic carbocycles. The zero-order valence-corrected chi connectivity index (χ0v) is 12.1. The maximum Gasteiger partial charge on any atom is 0.161 e. The Balaban J connectivity index is 2.27. The van der Waals surface area contributed by atoms with Crippen LogP contribution in [0.2, 0.25) is 0 Å². The molecule has 0 radical (unpaired) electrons. The summed E-state index contributed by atoms with van der Waals surface area (Å²) >= 11 is 0. The summed E-state index contributed by atoms with van der Waals surface area (Å²) in [4.78, 5) is 2.52. The monoisotopic (exact) mass is 264 g/mol. The molecule has 2 rings (SSSR count). The largest absolute Gasteiger partial charge is 0.493 e. The average molecular weight is 264 g/mol. The normalized spacial score (nSPS) is 20.9. The van der Waals surface area contributed by atoms with Crippen LogP contribution in [0.5, 0.6) is 11.5 Å². The second-order valence-electron chi connectivity index (χ2n) is 4.82. The van der Waals surface area contributed by atoms with Gasteiger partial charge in [0.15, 0.2) is 11.5 Å². The van der Waals surface area contributed by atoms with Crippen LogP contribution in [0.1, 0.15) is 24.9 Å². The molecule has 0 aromatic heterocycles. The summed E-state index contributed by atoms with van der Waals surface area (Å²) in [6.45, 7) is 6.52. The van der Waals surface area contributed by atoms with E-state index in [1.807, 2.05) is 6.07 Å². The van der Waals surface area contributed by atoms with Crippen molar-refractivity contribution in [2.75, 3.05) is 40.4 Å². The van der Waals surface area contributed by atoms with Crippen LogP contribution in [-0.4, -0.2) is 45.3 Å². The standard InChI is InChI=1S/C15H24N2O2/c1-4-17-9-5-8-16-11-13(17)12-6-7-14(18-2)15(10-12)19-3/h6-7,10,13,16H,4-5,8-9,11H2,1-3H3. The number of methoxy groups -OCH3 is 2. The molecule has 1 atom stereocenters. The highest BCUT2D eigenvalue weighted by molar-refractivity contribution is 5.44. The van der Waals surface area contributed by atoms with Crippen molar-refractivity contribution in [2.24, 2.45) is 0 Å². The molecule has 19 heavy (non-hydrogen) atoms. The number of nitrogens with zero attached hydrogens (tertiary/aromatic N) is 1. The lowest BCUT2D eigenvalue weighted by Gasteiger charge is -2.29. The van der Waals surface area contributed by atoms with Gasteiger partial charge in [0.2, 0.25) is 0 Å². The molecule has 0 bridgehead atoms. The Labute approximate surface area is 115 Å². The second-order valence-corrected chi connectivity index (χ2v) is 4.82. The third-order valence-corrected chi connectivity index (χ3v) is 3.78. The van der Waals surface area contributed by atoms with E-state index >= 15 is 0 Å². The van der Waals surface area contributed by atoms with Gasteiger partial charge in [-0.3, -0.25) is 4.90 Å². The van der Waals surface area contributed by atoms with Gasteiger partial charge in [-0.15, -0.1) is 0 Å². The number of nitrogens with one attached hydrogen (secondary N) is 1. The van der Waals surface area contributed by atoms with Crippen LogP contribution < -0.4 is 14.8 Å². The Kier molecular flexibility index (Phi) is 5.05. The van der Waals surface area contributed by atoms with Gasteiger partial charge in [0.25, 0.3) is 0 Å². The van der Waals surface area contributed by atoms with Crippen LogP contribution in [0.25, 0.3) is 0 Å². The molecule has 0 saturated carbocycles. The summed E-state index contributed by atoms with van der Waals surface area (Å²) < 4.78 is 10.7. The lowest BCUT2D eigenvalue weighted by Crippen LogP contribution is -2.32. The predicted molar refractivity (Wildman–Crippen MR) is 77.0 cm³/mol. The molecule has 1 unspecified atom stereocenters. The van der Waals surface area contributed by atoms with Gasteiger partial charge in [-0.2, -0.15) is 0 Å². The molecule has 1 saturated heterocycles. The van der Waals surface area contributed by atoms with Gasteiger partial charge in [0, 0.05) is 12.6 Å². The minimum Gasteiger partial charge on any atom is -0.493 e. The zero-order chi connectivity index (χ0) is 13.7. The number of hydrogen-bond acceptors (Lipinski definition) is 4. The first-order valence-corrected chi connectivity index (χ1v) is 6.96. The SMILES string of the molecule is CCN1CCCNCC1c1ccc(OC)c(OC)c1. The lowest BCUT2D eigenvalue weighted by molar-refractivity contribution is 0.221. The first kappa shape index (κ1) is 14.2. The maximum absolute atomic E-state index is 5.40. The Morgan fingerprint density at radius 1 is 1.26 bits per heavy atom. The fourth-order valence-corrected chi connectivity index (χ4v) is 2.70. The van der Waals surface area contributed by atoms with Crippen molar-refractivity contribution in [3.8, 4) is 11.5 Å². The fourth-order valence-electron chi connectivity index (χ4n) is 2.70. The van der Waals surface area contributed by atoms with Gasteiger partial charge in [0.1, 0.15) is 0 Å². The highest BCUT2D eigenvalue weighted by Crippen LogP contribution is 2.32. The van der Waals surface area contributed by atoms with Crippen LogP contribution in [0.15, 0.2) is 18.2 Å². The Morgan fingerprint density at radius 2 is 2.05 bits per heavy atom. The topological polar surface area (TPSA) is 33.7 Å². The van der Waals surface area contributed by atoms with Crippen LogP contribution >= 0.6 is 0 Å². The van der Waals surface area contributed by atoms with E-state index < -0.39 is 0 Å². The third kappa shape index (κ3) is 3.19. The Morgan fingerprint density at radius 3 is 2.74 bits per heavy atom. The minimum absolute atomic E-state index is 0.410. The van der Waals surface area contributed by atoms with Crippen molar-refractivity contribution in [1.29, 1.82) is 0 Å². The van der Waals surface area contributed by atoms with E-state index in [1.165, 1.54) is 12.0 Å². The second kappa shape index (κ2) is 6.78. The van der Waals surface area contributed by atoms with Gasteiger partial charge in [-0.1, -0.05) is 13.0 Å². The summed E-state index contributed by atoms with van der Waals surface area (Å²) in [7, 11) is 3.35. The maximum atomic E-state index is 5.40. The zero-order valence-electron chi connectivity index (χ0n) is 12.1. The molecule has 0 spiro atoms. The van der Waals surface area contributed by atoms with Gasteiger partial charge in [-0.25, -0.2) is 0 Å². The fraction of sp³-hybridized carbons (Fsp3) is 0.600. The van der Waals surface area contributed by atoms with Crippen LogP contribution in [0, 0.1) is 0 Å². The molecule has 1 aromatic rings. The summed E-state index contributed by atoms with van der Waals surface area (Å²) in [5, 5.41) is 3.51.